The molecule has 0 saturated heterocycles. The minimum absolute atomic E-state index is 0.00593. The molecule has 1 aliphatic rings. The van der Waals surface area contributed by atoms with Gasteiger partial charge in [0.1, 0.15) is 11.9 Å². The van der Waals surface area contributed by atoms with Gasteiger partial charge in [0, 0.05) is 24.2 Å². The van der Waals surface area contributed by atoms with E-state index in [2.05, 4.69) is 22.9 Å². The number of methoxy groups -OCH3 is 1. The molecule has 2 atom stereocenters. The van der Waals surface area contributed by atoms with Crippen LogP contribution in [0.4, 0.5) is 0 Å². The zero-order valence-electron chi connectivity index (χ0n) is 22.4. The van der Waals surface area contributed by atoms with E-state index in [9.17, 15) is 13.2 Å². The lowest BCUT2D eigenvalue weighted by Gasteiger charge is -2.36. The molecule has 0 aliphatic carbocycles. The molecule has 11 heteroatoms. The third kappa shape index (κ3) is 7.74. The lowest BCUT2D eigenvalue weighted by atomic mass is 9.88. The number of carbonyl (C=O) groups is 1. The van der Waals surface area contributed by atoms with Crippen LogP contribution in [-0.4, -0.2) is 61.8 Å². The SMILES string of the molecule is CCCC[C@]1(CC)CS(=O)(=O)c2cc(CNC(=O)CNCC[PH+](O)O)c(OC)cc2[C@@H](c2ccccc2)N1. The van der Waals surface area contributed by atoms with Gasteiger partial charge >= 0.3 is 0 Å². The van der Waals surface area contributed by atoms with Gasteiger partial charge in [-0.1, -0.05) is 57.0 Å². The summed E-state index contributed by atoms with van der Waals surface area (Å²) in [7, 11) is -4.47. The molecule has 3 rings (SSSR count). The highest BCUT2D eigenvalue weighted by Crippen LogP contribution is 2.40. The molecule has 210 valence electrons. The number of carbonyl (C=O) groups excluding carboxylic acids is 1. The molecule has 0 unspecified atom stereocenters. The molecule has 2 aromatic carbocycles. The first-order chi connectivity index (χ1) is 18.1. The molecule has 38 heavy (non-hydrogen) atoms. The van der Waals surface area contributed by atoms with E-state index in [0.717, 1.165) is 24.8 Å². The van der Waals surface area contributed by atoms with Gasteiger partial charge in [-0.3, -0.25) is 10.1 Å². The molecule has 9 nitrogen and oxygen atoms in total. The minimum atomic E-state index is -3.67. The maximum atomic E-state index is 13.9. The number of hydrogen-bond acceptors (Lipinski definition) is 8. The Morgan fingerprint density at radius 2 is 1.95 bits per heavy atom. The van der Waals surface area contributed by atoms with Crippen LogP contribution in [0, 0.1) is 0 Å². The van der Waals surface area contributed by atoms with Crippen LogP contribution in [0.3, 0.4) is 0 Å². The van der Waals surface area contributed by atoms with Gasteiger partial charge in [-0.15, -0.1) is 0 Å². The first kappa shape index (κ1) is 30.5. The predicted octanol–water partition coefficient (Wildman–Crippen LogP) is 2.74. The largest absolute Gasteiger partial charge is 0.496 e. The maximum absolute atomic E-state index is 13.9. The topological polar surface area (TPSA) is 137 Å². The molecule has 2 aromatic rings. The van der Waals surface area contributed by atoms with Crippen molar-refractivity contribution < 1.29 is 27.7 Å². The first-order valence-electron chi connectivity index (χ1n) is 13.1. The molecule has 0 radical (unpaired) electrons. The van der Waals surface area contributed by atoms with Crippen LogP contribution >= 0.6 is 8.38 Å². The summed E-state index contributed by atoms with van der Waals surface area (Å²) in [6.07, 6.45) is 3.52. The third-order valence-electron chi connectivity index (χ3n) is 7.08. The summed E-state index contributed by atoms with van der Waals surface area (Å²) in [6.45, 7) is 4.57. The number of hydrogen-bond donors (Lipinski definition) is 5. The highest BCUT2D eigenvalue weighted by molar-refractivity contribution is 7.91. The van der Waals surface area contributed by atoms with Gasteiger partial charge in [0.25, 0.3) is 8.38 Å². The van der Waals surface area contributed by atoms with E-state index in [1.54, 1.807) is 12.1 Å². The Bertz CT molecular complexity index is 1180. The Hall–Kier alpha value is -2.07. The summed E-state index contributed by atoms with van der Waals surface area (Å²) < 4.78 is 33.5. The van der Waals surface area contributed by atoms with Crippen molar-refractivity contribution in [2.24, 2.45) is 0 Å². The lowest BCUT2D eigenvalue weighted by molar-refractivity contribution is -0.120. The summed E-state index contributed by atoms with van der Waals surface area (Å²) in [5.41, 5.74) is 1.61. The molecule has 1 amide bonds. The summed E-state index contributed by atoms with van der Waals surface area (Å²) in [6, 6.07) is 12.9. The summed E-state index contributed by atoms with van der Waals surface area (Å²) in [5, 5.41) is 9.42. The van der Waals surface area contributed by atoms with Crippen LogP contribution < -0.4 is 20.7 Å². The average molecular weight is 567 g/mol. The molecule has 0 bridgehead atoms. The van der Waals surface area contributed by atoms with Crippen LogP contribution in [0.25, 0.3) is 0 Å². The van der Waals surface area contributed by atoms with E-state index >= 15 is 0 Å². The van der Waals surface area contributed by atoms with E-state index in [1.807, 2.05) is 37.3 Å². The van der Waals surface area contributed by atoms with Gasteiger partial charge in [0.05, 0.1) is 30.3 Å². The molecular weight excluding hydrogens is 525 g/mol. The molecule has 1 aliphatic heterocycles. The number of rotatable bonds is 13. The van der Waals surface area contributed by atoms with Gasteiger partial charge in [0.2, 0.25) is 5.91 Å². The maximum Gasteiger partial charge on any atom is 0.257 e. The molecule has 5 N–H and O–H groups in total. The minimum Gasteiger partial charge on any atom is -0.496 e. The predicted molar refractivity (Wildman–Crippen MR) is 151 cm³/mol. The smallest absolute Gasteiger partial charge is 0.257 e. The van der Waals surface area contributed by atoms with Crippen LogP contribution in [0.5, 0.6) is 5.75 Å². The number of unbranched alkanes of at least 4 members (excludes halogenated alkanes) is 1. The number of sulfone groups is 1. The number of benzene rings is 2. The van der Waals surface area contributed by atoms with Crippen LogP contribution in [0.2, 0.25) is 0 Å². The van der Waals surface area contributed by atoms with Crippen molar-refractivity contribution in [3.63, 3.8) is 0 Å². The fourth-order valence-corrected chi connectivity index (χ4v) is 7.49. The number of fused-ring (bicyclic) bond motifs is 1. The van der Waals surface area contributed by atoms with Crippen LogP contribution in [-0.2, 0) is 21.2 Å². The van der Waals surface area contributed by atoms with E-state index in [0.29, 0.717) is 29.8 Å². The lowest BCUT2D eigenvalue weighted by Crippen LogP contribution is -2.50. The molecule has 0 saturated carbocycles. The zero-order chi connectivity index (χ0) is 27.8. The Balaban J connectivity index is 1.98. The quantitative estimate of drug-likeness (QED) is 0.184. The van der Waals surface area contributed by atoms with Gasteiger partial charge < -0.3 is 15.4 Å². The van der Waals surface area contributed by atoms with E-state index in [1.165, 1.54) is 7.11 Å². The Kier molecular flexibility index (Phi) is 11.1. The van der Waals surface area contributed by atoms with Crippen molar-refractivity contribution in [3.8, 4) is 5.75 Å². The van der Waals surface area contributed by atoms with E-state index in [-0.39, 0.29) is 41.8 Å². The highest BCUT2D eigenvalue weighted by Gasteiger charge is 2.42. The van der Waals surface area contributed by atoms with Gasteiger partial charge in [-0.2, -0.15) is 0 Å². The van der Waals surface area contributed by atoms with Crippen molar-refractivity contribution in [2.45, 2.75) is 62.6 Å². The van der Waals surface area contributed by atoms with Gasteiger partial charge in [-0.25, -0.2) is 18.2 Å². The number of nitrogens with one attached hydrogen (secondary N) is 3. The second-order valence-corrected chi connectivity index (χ2v) is 13.1. The summed E-state index contributed by atoms with van der Waals surface area (Å²) in [5.74, 6) is 0.205. The average Bonchev–Trinajstić information content (AvgIpc) is 3.00. The summed E-state index contributed by atoms with van der Waals surface area (Å²) in [4.78, 5) is 30.6. The molecule has 1 heterocycles. The van der Waals surface area contributed by atoms with Crippen LogP contribution in [0.15, 0.2) is 47.4 Å². The second-order valence-electron chi connectivity index (χ2n) is 9.81. The van der Waals surface area contributed by atoms with Crippen molar-refractivity contribution in [2.75, 3.05) is 32.1 Å². The van der Waals surface area contributed by atoms with Crippen molar-refractivity contribution in [1.82, 2.24) is 16.0 Å². The molecule has 0 fully saturated rings. The summed E-state index contributed by atoms with van der Waals surface area (Å²) >= 11 is 0. The molecular formula is C27H41N3O6PS+. The second kappa shape index (κ2) is 13.8. The Morgan fingerprint density at radius 3 is 2.58 bits per heavy atom. The highest BCUT2D eigenvalue weighted by atomic mass is 32.2. The van der Waals surface area contributed by atoms with Gasteiger partial charge in [-0.05, 0) is 36.1 Å². The fraction of sp³-hybridized carbons (Fsp3) is 0.519. The zero-order valence-corrected chi connectivity index (χ0v) is 24.2. The van der Waals surface area contributed by atoms with E-state index in [4.69, 9.17) is 14.5 Å². The Labute approximate surface area is 227 Å². The van der Waals surface area contributed by atoms with Crippen molar-refractivity contribution in [1.29, 1.82) is 0 Å². The number of amides is 1. The normalized spacial score (nSPS) is 20.5. The van der Waals surface area contributed by atoms with Crippen LogP contribution in [0.1, 0.15) is 62.3 Å². The monoisotopic (exact) mass is 566 g/mol. The third-order valence-corrected chi connectivity index (χ3v) is 9.73. The first-order valence-corrected chi connectivity index (χ1v) is 16.4. The molecule has 0 aromatic heterocycles. The standard InChI is InChI=1S/C27H40N3O6PS/c1-4-6-12-27(5-2)19-38(34,35)24-15-21(17-29-25(31)18-28-13-14-37(32)33)23(36-3)16-22(24)26(30-27)20-10-8-7-9-11-20/h7-11,15-16,26,28,30,32-33H,4-6,12-14,17-19H2,1-3H3,(H,29,31)/p+1/t26-,27-/m1/s1. The van der Waals surface area contributed by atoms with Crippen molar-refractivity contribution >= 4 is 24.1 Å². The van der Waals surface area contributed by atoms with Gasteiger partial charge in [0.15, 0.2) is 9.84 Å². The number of ether oxygens (including phenoxy) is 1. The Morgan fingerprint density at radius 1 is 1.21 bits per heavy atom. The van der Waals surface area contributed by atoms with Crippen molar-refractivity contribution in [3.05, 3.63) is 59.2 Å². The fourth-order valence-electron chi connectivity index (χ4n) is 4.92. The van der Waals surface area contributed by atoms with E-state index < -0.39 is 23.8 Å². The molecule has 0 spiro atoms.